The first-order valence-electron chi connectivity index (χ1n) is 6.42. The number of rotatable bonds is 3. The van der Waals surface area contributed by atoms with Crippen LogP contribution in [-0.4, -0.2) is 17.3 Å². The number of benzene rings is 1. The Morgan fingerprint density at radius 3 is 3.10 bits per heavy atom. The zero-order valence-electron chi connectivity index (χ0n) is 10.8. The summed E-state index contributed by atoms with van der Waals surface area (Å²) in [4.78, 5) is 16.3. The molecule has 20 heavy (non-hydrogen) atoms. The number of Topliss-reactive ketones (excluding diaryl/α,β-unsaturated/α-hetero) is 1. The number of ketones is 1. The Labute approximate surface area is 122 Å². The second-order valence-electron chi connectivity index (χ2n) is 4.88. The van der Waals surface area contributed by atoms with Crippen LogP contribution in [-0.2, 0) is 0 Å². The highest BCUT2D eigenvalue weighted by molar-refractivity contribution is 6.31. The maximum atomic E-state index is 12.4. The topological polar surface area (TPSA) is 68.0 Å². The molecular formula is C15H14ClN3O. The summed E-state index contributed by atoms with van der Waals surface area (Å²) in [6.45, 7) is 0.763. The molecule has 2 heterocycles. The minimum atomic E-state index is -0.0268. The van der Waals surface area contributed by atoms with Crippen molar-refractivity contribution in [2.75, 3.05) is 17.6 Å². The van der Waals surface area contributed by atoms with Crippen LogP contribution in [0.4, 0.5) is 11.5 Å². The number of carbonyl (C=O) groups excluding carboxylic acids is 1. The van der Waals surface area contributed by atoms with Gasteiger partial charge in [-0.3, -0.25) is 4.79 Å². The quantitative estimate of drug-likeness (QED) is 0.851. The number of nitrogens with zero attached hydrogens (tertiary/aromatic N) is 1. The lowest BCUT2D eigenvalue weighted by Crippen LogP contribution is -2.12. The molecule has 5 heteroatoms. The van der Waals surface area contributed by atoms with E-state index in [4.69, 9.17) is 17.3 Å². The van der Waals surface area contributed by atoms with Crippen molar-refractivity contribution in [3.05, 3.63) is 52.7 Å². The van der Waals surface area contributed by atoms with Gasteiger partial charge in [-0.15, -0.1) is 0 Å². The van der Waals surface area contributed by atoms with Gasteiger partial charge in [0.25, 0.3) is 0 Å². The first-order valence-corrected chi connectivity index (χ1v) is 6.80. The number of hydrogen-bond donors (Lipinski definition) is 2. The van der Waals surface area contributed by atoms with Gasteiger partial charge in [-0.05, 0) is 17.7 Å². The zero-order valence-corrected chi connectivity index (χ0v) is 11.5. The van der Waals surface area contributed by atoms with E-state index in [1.807, 2.05) is 24.3 Å². The van der Waals surface area contributed by atoms with Crippen LogP contribution in [0.2, 0.25) is 5.02 Å². The summed E-state index contributed by atoms with van der Waals surface area (Å²) < 4.78 is 0. The monoisotopic (exact) mass is 287 g/mol. The summed E-state index contributed by atoms with van der Waals surface area (Å²) in [5, 5.41) is 3.73. The fraction of sp³-hybridized carbons (Fsp3) is 0.200. The minimum absolute atomic E-state index is 0.0268. The minimum Gasteiger partial charge on any atom is -0.384 e. The van der Waals surface area contributed by atoms with E-state index >= 15 is 0 Å². The first-order chi connectivity index (χ1) is 9.65. The molecule has 0 saturated carbocycles. The first kappa shape index (κ1) is 12.9. The molecule has 1 aromatic heterocycles. The fourth-order valence-electron chi connectivity index (χ4n) is 2.55. The van der Waals surface area contributed by atoms with Gasteiger partial charge in [0.2, 0.25) is 0 Å². The Bertz CT molecular complexity index is 672. The number of halogens is 1. The Morgan fingerprint density at radius 2 is 2.25 bits per heavy atom. The van der Waals surface area contributed by atoms with Gasteiger partial charge in [0.1, 0.15) is 5.82 Å². The molecule has 1 aromatic carbocycles. The largest absolute Gasteiger partial charge is 0.384 e. The van der Waals surface area contributed by atoms with E-state index in [0.29, 0.717) is 17.0 Å². The van der Waals surface area contributed by atoms with Crippen LogP contribution < -0.4 is 11.1 Å². The molecular weight excluding hydrogens is 274 g/mol. The van der Waals surface area contributed by atoms with Crippen molar-refractivity contribution in [1.29, 1.82) is 0 Å². The third-order valence-corrected chi connectivity index (χ3v) is 3.76. The van der Waals surface area contributed by atoms with Crippen LogP contribution in [0.1, 0.15) is 28.3 Å². The predicted molar refractivity (Wildman–Crippen MR) is 80.3 cm³/mol. The van der Waals surface area contributed by atoms with Crippen LogP contribution in [0.15, 0.2) is 36.5 Å². The lowest BCUT2D eigenvalue weighted by molar-refractivity contribution is 0.0976. The number of nitrogens with two attached hydrogens (primary N) is 1. The van der Waals surface area contributed by atoms with Crippen molar-refractivity contribution in [2.45, 2.75) is 12.3 Å². The van der Waals surface area contributed by atoms with Crippen molar-refractivity contribution in [3.8, 4) is 0 Å². The summed E-state index contributed by atoms with van der Waals surface area (Å²) in [7, 11) is 0. The zero-order chi connectivity index (χ0) is 14.1. The number of anilines is 2. The number of para-hydroxylation sites is 1. The Morgan fingerprint density at radius 1 is 1.45 bits per heavy atom. The molecule has 0 fully saturated rings. The van der Waals surface area contributed by atoms with Crippen molar-refractivity contribution in [2.24, 2.45) is 0 Å². The van der Waals surface area contributed by atoms with Crippen molar-refractivity contribution in [3.63, 3.8) is 0 Å². The van der Waals surface area contributed by atoms with Crippen molar-refractivity contribution >= 4 is 28.9 Å². The van der Waals surface area contributed by atoms with Gasteiger partial charge in [0.05, 0.1) is 10.6 Å². The molecule has 1 unspecified atom stereocenters. The van der Waals surface area contributed by atoms with Gasteiger partial charge in [0.15, 0.2) is 5.78 Å². The highest BCUT2D eigenvalue weighted by Gasteiger charge is 2.25. The van der Waals surface area contributed by atoms with Crippen LogP contribution >= 0.6 is 11.6 Å². The van der Waals surface area contributed by atoms with E-state index in [1.165, 1.54) is 11.8 Å². The number of hydrogen-bond acceptors (Lipinski definition) is 4. The molecule has 3 rings (SSSR count). The van der Waals surface area contributed by atoms with E-state index < -0.39 is 0 Å². The molecule has 1 atom stereocenters. The molecule has 0 aliphatic carbocycles. The second kappa shape index (κ2) is 5.13. The molecule has 0 radical (unpaired) electrons. The number of nitrogens with one attached hydrogen (secondary N) is 1. The molecule has 4 nitrogen and oxygen atoms in total. The summed E-state index contributed by atoms with van der Waals surface area (Å²) in [6.07, 6.45) is 1.84. The van der Waals surface area contributed by atoms with Crippen molar-refractivity contribution < 1.29 is 4.79 Å². The van der Waals surface area contributed by atoms with E-state index in [-0.39, 0.29) is 17.5 Å². The van der Waals surface area contributed by atoms with Crippen LogP contribution in [0.25, 0.3) is 0 Å². The van der Waals surface area contributed by atoms with E-state index in [1.54, 1.807) is 6.07 Å². The molecule has 0 saturated heterocycles. The maximum Gasteiger partial charge on any atom is 0.167 e. The standard InChI is InChI=1S/C15H14ClN3O/c16-10-6-12(15(17)19-8-10)14(20)5-9-7-18-13-4-2-1-3-11(9)13/h1-4,6,8-9,18H,5,7H2,(H2,17,19). The summed E-state index contributed by atoms with van der Waals surface area (Å²) in [5.74, 6) is 0.372. The SMILES string of the molecule is Nc1ncc(Cl)cc1C(=O)CC1CNc2ccccc21. The van der Waals surface area contributed by atoms with E-state index in [0.717, 1.165) is 12.2 Å². The van der Waals surface area contributed by atoms with Crippen LogP contribution in [0.5, 0.6) is 0 Å². The lowest BCUT2D eigenvalue weighted by Gasteiger charge is -2.10. The maximum absolute atomic E-state index is 12.4. The van der Waals surface area contributed by atoms with Gasteiger partial charge in [0, 0.05) is 30.8 Å². The van der Waals surface area contributed by atoms with Crippen molar-refractivity contribution in [1.82, 2.24) is 4.98 Å². The summed E-state index contributed by atoms with van der Waals surface area (Å²) >= 11 is 5.88. The fourth-order valence-corrected chi connectivity index (χ4v) is 2.70. The molecule has 1 aliphatic heterocycles. The molecule has 0 bridgehead atoms. The normalized spacial score (nSPS) is 16.6. The van der Waals surface area contributed by atoms with Crippen LogP contribution in [0, 0.1) is 0 Å². The Kier molecular flexibility index (Phi) is 3.32. The number of fused-ring (bicyclic) bond motifs is 1. The smallest absolute Gasteiger partial charge is 0.167 e. The van der Waals surface area contributed by atoms with Gasteiger partial charge >= 0.3 is 0 Å². The number of carbonyl (C=O) groups is 1. The van der Waals surface area contributed by atoms with Gasteiger partial charge in [-0.1, -0.05) is 29.8 Å². The average Bonchev–Trinajstić information content (AvgIpc) is 2.85. The number of nitrogen functional groups attached to an aromatic ring is 1. The number of aromatic nitrogens is 1. The molecule has 102 valence electrons. The van der Waals surface area contributed by atoms with E-state index in [9.17, 15) is 4.79 Å². The second-order valence-corrected chi connectivity index (χ2v) is 5.32. The molecule has 0 spiro atoms. The number of pyridine rings is 1. The van der Waals surface area contributed by atoms with E-state index in [2.05, 4.69) is 10.3 Å². The lowest BCUT2D eigenvalue weighted by atomic mass is 9.93. The average molecular weight is 288 g/mol. The van der Waals surface area contributed by atoms with Crippen LogP contribution in [0.3, 0.4) is 0 Å². The highest BCUT2D eigenvalue weighted by atomic mass is 35.5. The van der Waals surface area contributed by atoms with Gasteiger partial charge in [-0.25, -0.2) is 4.98 Å². The summed E-state index contributed by atoms with van der Waals surface area (Å²) in [6, 6.07) is 9.62. The molecule has 3 N–H and O–H groups in total. The third kappa shape index (κ3) is 2.34. The molecule has 2 aromatic rings. The Balaban J connectivity index is 1.82. The molecule has 0 amide bonds. The third-order valence-electron chi connectivity index (χ3n) is 3.56. The molecule has 1 aliphatic rings. The highest BCUT2D eigenvalue weighted by Crippen LogP contribution is 2.34. The van der Waals surface area contributed by atoms with Gasteiger partial charge < -0.3 is 11.1 Å². The Hall–Kier alpha value is -2.07. The van der Waals surface area contributed by atoms with Gasteiger partial charge in [-0.2, -0.15) is 0 Å². The predicted octanol–water partition coefficient (Wildman–Crippen LogP) is 3.10. The summed E-state index contributed by atoms with van der Waals surface area (Å²) in [5.41, 5.74) is 8.43.